The molecule has 27 heavy (non-hydrogen) atoms. The number of methoxy groups -OCH3 is 1. The van der Waals surface area contributed by atoms with Crippen LogP contribution in [-0.4, -0.2) is 23.1 Å². The van der Waals surface area contributed by atoms with Crippen LogP contribution < -0.4 is 4.74 Å². The summed E-state index contributed by atoms with van der Waals surface area (Å²) in [6.07, 6.45) is -7.38. The van der Waals surface area contributed by atoms with Crippen LogP contribution in [0.4, 0.5) is 26.3 Å². The third-order valence-corrected chi connectivity index (χ3v) is 3.75. The highest BCUT2D eigenvalue weighted by Crippen LogP contribution is 2.35. The lowest BCUT2D eigenvalue weighted by Gasteiger charge is -2.14. The predicted octanol–water partition coefficient (Wildman–Crippen LogP) is 5.07. The number of pyridine rings is 1. The lowest BCUT2D eigenvalue weighted by Crippen LogP contribution is -2.17. The van der Waals surface area contributed by atoms with Gasteiger partial charge in [0, 0.05) is 13.3 Å². The lowest BCUT2D eigenvalue weighted by atomic mass is 10.00. The first-order chi connectivity index (χ1) is 12.6. The molecule has 0 atom stereocenters. The fraction of sp³-hybridized carbons (Fsp3) is 0.235. The lowest BCUT2D eigenvalue weighted by molar-refractivity contribution is -0.274. The number of hydrogen-bond donors (Lipinski definition) is 0. The molecule has 0 unspecified atom stereocenters. The van der Waals surface area contributed by atoms with E-state index in [1.54, 1.807) is 0 Å². The summed E-state index contributed by atoms with van der Waals surface area (Å²) in [6.45, 7) is -0.0546. The van der Waals surface area contributed by atoms with Gasteiger partial charge in [0.15, 0.2) is 0 Å². The number of rotatable bonds is 4. The Bertz CT molecular complexity index is 962. The molecule has 0 N–H and O–H groups in total. The third kappa shape index (κ3) is 4.16. The van der Waals surface area contributed by atoms with Gasteiger partial charge in [-0.05, 0) is 41.0 Å². The number of benzene rings is 1. The SMILES string of the molecule is COCc1cc(OC(F)(F)F)ccc1-c1ccn2ncc(C(F)(F)F)c2c1. The molecule has 0 aliphatic heterocycles. The van der Waals surface area contributed by atoms with Crippen molar-refractivity contribution in [2.24, 2.45) is 0 Å². The highest BCUT2D eigenvalue weighted by molar-refractivity contribution is 5.73. The summed E-state index contributed by atoms with van der Waals surface area (Å²) in [5.74, 6) is -0.445. The quantitative estimate of drug-likeness (QED) is 0.584. The molecule has 2 aromatic heterocycles. The number of alkyl halides is 6. The van der Waals surface area contributed by atoms with E-state index in [1.165, 1.54) is 31.5 Å². The zero-order valence-electron chi connectivity index (χ0n) is 13.7. The van der Waals surface area contributed by atoms with Crippen LogP contribution in [0.2, 0.25) is 0 Å². The molecule has 0 radical (unpaired) electrons. The van der Waals surface area contributed by atoms with Gasteiger partial charge in [0.1, 0.15) is 11.3 Å². The van der Waals surface area contributed by atoms with E-state index < -0.39 is 23.9 Å². The van der Waals surface area contributed by atoms with E-state index in [0.717, 1.165) is 22.8 Å². The number of nitrogens with zero attached hydrogens (tertiary/aromatic N) is 2. The van der Waals surface area contributed by atoms with Gasteiger partial charge in [0.25, 0.3) is 0 Å². The summed E-state index contributed by atoms with van der Waals surface area (Å²) in [7, 11) is 1.35. The number of hydrogen-bond acceptors (Lipinski definition) is 3. The van der Waals surface area contributed by atoms with Crippen LogP contribution in [-0.2, 0) is 17.5 Å². The number of ether oxygens (including phenoxy) is 2. The van der Waals surface area contributed by atoms with Gasteiger partial charge in [-0.1, -0.05) is 6.07 Å². The highest BCUT2D eigenvalue weighted by Gasteiger charge is 2.34. The molecule has 0 saturated heterocycles. The standard InChI is InChI=1S/C17H12F6N2O2/c1-26-9-11-6-12(27-17(21,22)23)2-3-13(11)10-4-5-25-15(7-10)14(8-24-25)16(18,19)20/h2-8H,9H2,1H3. The number of halogens is 6. The van der Waals surface area contributed by atoms with Crippen molar-refractivity contribution >= 4 is 5.52 Å². The van der Waals surface area contributed by atoms with Crippen molar-refractivity contribution in [2.75, 3.05) is 7.11 Å². The van der Waals surface area contributed by atoms with E-state index in [4.69, 9.17) is 4.74 Å². The van der Waals surface area contributed by atoms with Crippen molar-refractivity contribution in [3.05, 3.63) is 53.9 Å². The van der Waals surface area contributed by atoms with Crippen LogP contribution in [0.3, 0.4) is 0 Å². The normalized spacial score (nSPS) is 12.6. The first-order valence-electron chi connectivity index (χ1n) is 7.51. The Morgan fingerprint density at radius 1 is 1.04 bits per heavy atom. The Hall–Kier alpha value is -2.75. The topological polar surface area (TPSA) is 35.8 Å². The van der Waals surface area contributed by atoms with Gasteiger partial charge in [0.05, 0.1) is 18.3 Å². The molecular weight excluding hydrogens is 378 g/mol. The van der Waals surface area contributed by atoms with Gasteiger partial charge in [-0.3, -0.25) is 0 Å². The van der Waals surface area contributed by atoms with Gasteiger partial charge in [-0.2, -0.15) is 18.3 Å². The van der Waals surface area contributed by atoms with Crippen LogP contribution in [0, 0.1) is 0 Å². The molecule has 0 saturated carbocycles. The summed E-state index contributed by atoms with van der Waals surface area (Å²) >= 11 is 0. The minimum absolute atomic E-state index is 0.0546. The molecule has 1 aromatic carbocycles. The zero-order chi connectivity index (χ0) is 19.8. The maximum atomic E-state index is 13.1. The smallest absolute Gasteiger partial charge is 0.406 e. The van der Waals surface area contributed by atoms with Gasteiger partial charge in [-0.15, -0.1) is 13.2 Å². The minimum Gasteiger partial charge on any atom is -0.406 e. The second kappa shape index (κ2) is 6.76. The van der Waals surface area contributed by atoms with E-state index in [1.807, 2.05) is 0 Å². The number of fused-ring (bicyclic) bond motifs is 1. The number of aromatic nitrogens is 2. The zero-order valence-corrected chi connectivity index (χ0v) is 13.7. The van der Waals surface area contributed by atoms with Crippen molar-refractivity contribution in [2.45, 2.75) is 19.1 Å². The van der Waals surface area contributed by atoms with Crippen molar-refractivity contribution in [1.29, 1.82) is 0 Å². The molecule has 0 aliphatic carbocycles. The minimum atomic E-state index is -4.86. The van der Waals surface area contributed by atoms with E-state index in [2.05, 4.69) is 9.84 Å². The highest BCUT2D eigenvalue weighted by atomic mass is 19.4. The summed E-state index contributed by atoms with van der Waals surface area (Å²) in [5.41, 5.74) is 0.0487. The van der Waals surface area contributed by atoms with Crippen LogP contribution in [0.25, 0.3) is 16.6 Å². The molecule has 144 valence electrons. The Morgan fingerprint density at radius 3 is 2.41 bits per heavy atom. The largest absolute Gasteiger partial charge is 0.573 e. The van der Waals surface area contributed by atoms with Crippen molar-refractivity contribution in [1.82, 2.24) is 9.61 Å². The molecule has 3 aromatic rings. The van der Waals surface area contributed by atoms with E-state index in [9.17, 15) is 26.3 Å². The second-order valence-electron chi connectivity index (χ2n) is 5.60. The average Bonchev–Trinajstić information content (AvgIpc) is 2.97. The van der Waals surface area contributed by atoms with Crippen LogP contribution in [0.1, 0.15) is 11.1 Å². The Balaban J connectivity index is 2.09. The van der Waals surface area contributed by atoms with E-state index in [-0.39, 0.29) is 12.1 Å². The fourth-order valence-corrected chi connectivity index (χ4v) is 2.69. The molecular formula is C17H12F6N2O2. The first kappa shape index (κ1) is 19.0. The first-order valence-corrected chi connectivity index (χ1v) is 7.51. The average molecular weight is 390 g/mol. The summed E-state index contributed by atoms with van der Waals surface area (Å²) in [6, 6.07) is 6.35. The summed E-state index contributed by atoms with van der Waals surface area (Å²) in [4.78, 5) is 0. The van der Waals surface area contributed by atoms with Gasteiger partial charge in [0.2, 0.25) is 0 Å². The van der Waals surface area contributed by atoms with Gasteiger partial charge >= 0.3 is 12.5 Å². The monoisotopic (exact) mass is 390 g/mol. The molecule has 0 amide bonds. The molecule has 0 bridgehead atoms. The van der Waals surface area contributed by atoms with Crippen LogP contribution >= 0.6 is 0 Å². The third-order valence-electron chi connectivity index (χ3n) is 3.75. The van der Waals surface area contributed by atoms with Crippen LogP contribution in [0.15, 0.2) is 42.7 Å². The Labute approximate surface area is 148 Å². The molecule has 4 nitrogen and oxygen atoms in total. The molecule has 3 rings (SSSR count). The van der Waals surface area contributed by atoms with Gasteiger partial charge in [-0.25, -0.2) is 4.52 Å². The van der Waals surface area contributed by atoms with Crippen molar-refractivity contribution < 1.29 is 35.8 Å². The van der Waals surface area contributed by atoms with E-state index in [0.29, 0.717) is 16.7 Å². The summed E-state index contributed by atoms with van der Waals surface area (Å²) in [5, 5.41) is 3.66. The maximum Gasteiger partial charge on any atom is 0.573 e. The maximum absolute atomic E-state index is 13.1. The molecule has 2 heterocycles. The fourth-order valence-electron chi connectivity index (χ4n) is 2.69. The van der Waals surface area contributed by atoms with E-state index >= 15 is 0 Å². The van der Waals surface area contributed by atoms with Crippen LogP contribution in [0.5, 0.6) is 5.75 Å². The molecule has 10 heteroatoms. The summed E-state index contributed by atoms with van der Waals surface area (Å²) < 4.78 is 86.5. The predicted molar refractivity (Wildman–Crippen MR) is 83.0 cm³/mol. The van der Waals surface area contributed by atoms with Gasteiger partial charge < -0.3 is 9.47 Å². The second-order valence-corrected chi connectivity index (χ2v) is 5.60. The molecule has 0 fully saturated rings. The Morgan fingerprint density at radius 2 is 1.78 bits per heavy atom. The van der Waals surface area contributed by atoms with Crippen molar-refractivity contribution in [3.63, 3.8) is 0 Å². The van der Waals surface area contributed by atoms with Crippen molar-refractivity contribution in [3.8, 4) is 16.9 Å². The molecule has 0 spiro atoms. The Kier molecular flexibility index (Phi) is 4.77. The molecule has 0 aliphatic rings.